The quantitative estimate of drug-likeness (QED) is 0.723. The third-order valence-electron chi connectivity index (χ3n) is 3.14. The summed E-state index contributed by atoms with van der Waals surface area (Å²) in [6.07, 6.45) is 2.28. The van der Waals surface area contributed by atoms with Crippen LogP contribution in [0.15, 0.2) is 47.4 Å². The fourth-order valence-electron chi connectivity index (χ4n) is 2.06. The number of fused-ring (bicyclic) bond motifs is 1. The molecule has 112 valence electrons. The van der Waals surface area contributed by atoms with E-state index in [1.54, 1.807) is 23.9 Å². The molecule has 6 heteroatoms. The van der Waals surface area contributed by atoms with Gasteiger partial charge in [-0.05, 0) is 36.1 Å². The molecule has 0 aliphatic heterocycles. The fraction of sp³-hybridized carbons (Fsp3) is 0.125. The molecule has 3 rings (SSSR count). The van der Waals surface area contributed by atoms with Crippen molar-refractivity contribution in [1.29, 1.82) is 0 Å². The predicted molar refractivity (Wildman–Crippen MR) is 90.1 cm³/mol. The molecule has 0 bridgehead atoms. The summed E-state index contributed by atoms with van der Waals surface area (Å²) in [5.41, 5.74) is 1.23. The van der Waals surface area contributed by atoms with Gasteiger partial charge in [0, 0.05) is 4.90 Å². The Hall–Kier alpha value is -1.92. The molecule has 22 heavy (non-hydrogen) atoms. The lowest BCUT2D eigenvalue weighted by Gasteiger charge is -2.03. The van der Waals surface area contributed by atoms with Crippen molar-refractivity contribution in [3.8, 4) is 0 Å². The number of thioether (sulfide) groups is 1. The van der Waals surface area contributed by atoms with Gasteiger partial charge < -0.3 is 5.32 Å². The minimum atomic E-state index is -0.373. The summed E-state index contributed by atoms with van der Waals surface area (Å²) < 4.78 is 14.3. The SMILES string of the molecule is CSc1ccc(CC(=O)Nc2nc3c(F)cccc3s2)cc1. The van der Waals surface area contributed by atoms with E-state index < -0.39 is 0 Å². The van der Waals surface area contributed by atoms with Crippen LogP contribution in [0.2, 0.25) is 0 Å². The maximum Gasteiger partial charge on any atom is 0.230 e. The Morgan fingerprint density at radius 3 is 2.73 bits per heavy atom. The highest BCUT2D eigenvalue weighted by molar-refractivity contribution is 7.98. The minimum Gasteiger partial charge on any atom is -0.302 e. The fourth-order valence-corrected chi connectivity index (χ4v) is 3.37. The van der Waals surface area contributed by atoms with Gasteiger partial charge in [-0.3, -0.25) is 4.79 Å². The van der Waals surface area contributed by atoms with Gasteiger partial charge in [-0.1, -0.05) is 29.5 Å². The number of amides is 1. The first-order chi connectivity index (χ1) is 10.7. The average molecular weight is 332 g/mol. The van der Waals surface area contributed by atoms with Gasteiger partial charge in [0.1, 0.15) is 11.3 Å². The van der Waals surface area contributed by atoms with Crippen LogP contribution in [0.4, 0.5) is 9.52 Å². The Morgan fingerprint density at radius 1 is 1.27 bits per heavy atom. The molecule has 1 amide bonds. The Morgan fingerprint density at radius 2 is 2.05 bits per heavy atom. The first-order valence-corrected chi connectivity index (χ1v) is 8.67. The monoisotopic (exact) mass is 332 g/mol. The summed E-state index contributed by atoms with van der Waals surface area (Å²) in [7, 11) is 0. The zero-order valence-corrected chi connectivity index (χ0v) is 13.4. The second-order valence-electron chi connectivity index (χ2n) is 4.68. The molecule has 2 aromatic carbocycles. The molecular formula is C16H13FN2OS2. The van der Waals surface area contributed by atoms with Crippen molar-refractivity contribution < 1.29 is 9.18 Å². The number of hydrogen-bond acceptors (Lipinski definition) is 4. The predicted octanol–water partition coefficient (Wildman–Crippen LogP) is 4.34. The van der Waals surface area contributed by atoms with Gasteiger partial charge >= 0.3 is 0 Å². The highest BCUT2D eigenvalue weighted by Crippen LogP contribution is 2.27. The molecule has 1 N–H and O–H groups in total. The molecule has 0 unspecified atom stereocenters. The van der Waals surface area contributed by atoms with Crippen molar-refractivity contribution in [1.82, 2.24) is 4.98 Å². The number of anilines is 1. The summed E-state index contributed by atoms with van der Waals surface area (Å²) in [6, 6.07) is 12.6. The van der Waals surface area contributed by atoms with E-state index in [2.05, 4.69) is 10.3 Å². The summed E-state index contributed by atoms with van der Waals surface area (Å²) in [5, 5.41) is 3.15. The van der Waals surface area contributed by atoms with Crippen molar-refractivity contribution in [3.63, 3.8) is 0 Å². The van der Waals surface area contributed by atoms with E-state index in [0.717, 1.165) is 15.2 Å². The van der Waals surface area contributed by atoms with Gasteiger partial charge in [-0.2, -0.15) is 0 Å². The third kappa shape index (κ3) is 3.28. The molecule has 0 atom stereocenters. The molecule has 3 aromatic rings. The number of rotatable bonds is 4. The summed E-state index contributed by atoms with van der Waals surface area (Å²) in [4.78, 5) is 17.3. The van der Waals surface area contributed by atoms with Gasteiger partial charge in [0.15, 0.2) is 5.13 Å². The molecule has 0 aliphatic rings. The van der Waals surface area contributed by atoms with Crippen molar-refractivity contribution in [2.75, 3.05) is 11.6 Å². The van der Waals surface area contributed by atoms with E-state index in [1.165, 1.54) is 17.4 Å². The molecule has 0 fully saturated rings. The highest BCUT2D eigenvalue weighted by Gasteiger charge is 2.11. The van der Waals surface area contributed by atoms with Crippen LogP contribution in [-0.4, -0.2) is 17.1 Å². The Balaban J connectivity index is 1.71. The largest absolute Gasteiger partial charge is 0.302 e. The molecule has 0 saturated heterocycles. The van der Waals surface area contributed by atoms with E-state index in [-0.39, 0.29) is 18.1 Å². The van der Waals surface area contributed by atoms with Crippen molar-refractivity contribution in [2.24, 2.45) is 0 Å². The van der Waals surface area contributed by atoms with Crippen LogP contribution in [0.25, 0.3) is 10.2 Å². The highest BCUT2D eigenvalue weighted by atomic mass is 32.2. The number of aromatic nitrogens is 1. The van der Waals surface area contributed by atoms with Gasteiger partial charge in [0.05, 0.1) is 11.1 Å². The number of halogens is 1. The molecule has 1 aromatic heterocycles. The second-order valence-corrected chi connectivity index (χ2v) is 6.59. The van der Waals surface area contributed by atoms with Crippen LogP contribution in [0.3, 0.4) is 0 Å². The molecule has 0 spiro atoms. The Kier molecular flexibility index (Phi) is 4.40. The van der Waals surface area contributed by atoms with Crippen LogP contribution in [-0.2, 0) is 11.2 Å². The van der Waals surface area contributed by atoms with Gasteiger partial charge in [0.2, 0.25) is 5.91 Å². The zero-order chi connectivity index (χ0) is 15.5. The van der Waals surface area contributed by atoms with Crippen LogP contribution >= 0.6 is 23.1 Å². The number of nitrogens with one attached hydrogen (secondary N) is 1. The van der Waals surface area contributed by atoms with Crippen LogP contribution in [0, 0.1) is 5.82 Å². The number of hydrogen-bond donors (Lipinski definition) is 1. The number of carbonyl (C=O) groups is 1. The maximum atomic E-state index is 13.6. The van der Waals surface area contributed by atoms with Crippen LogP contribution in [0.5, 0.6) is 0 Å². The molecule has 3 nitrogen and oxygen atoms in total. The lowest BCUT2D eigenvalue weighted by atomic mass is 10.1. The molecule has 0 aliphatic carbocycles. The topological polar surface area (TPSA) is 42.0 Å². The van der Waals surface area contributed by atoms with Gasteiger partial charge in [0.25, 0.3) is 0 Å². The van der Waals surface area contributed by atoms with E-state index in [9.17, 15) is 9.18 Å². The third-order valence-corrected chi connectivity index (χ3v) is 4.82. The lowest BCUT2D eigenvalue weighted by Crippen LogP contribution is -2.14. The zero-order valence-electron chi connectivity index (χ0n) is 11.8. The van der Waals surface area contributed by atoms with Crippen molar-refractivity contribution in [3.05, 3.63) is 53.8 Å². The van der Waals surface area contributed by atoms with Crippen LogP contribution in [0.1, 0.15) is 5.56 Å². The standard InChI is InChI=1S/C16H13FN2OS2/c1-21-11-7-5-10(6-8-11)9-14(20)18-16-19-15-12(17)3-2-4-13(15)22-16/h2-8H,9H2,1H3,(H,18,19,20). The van der Waals surface area contributed by atoms with E-state index in [4.69, 9.17) is 0 Å². The normalized spacial score (nSPS) is 10.8. The first-order valence-electron chi connectivity index (χ1n) is 6.63. The first kappa shape index (κ1) is 15.0. The molecule has 1 heterocycles. The molecule has 0 saturated carbocycles. The number of nitrogens with zero attached hydrogens (tertiary/aromatic N) is 1. The minimum absolute atomic E-state index is 0.156. The number of thiazole rings is 1. The summed E-state index contributed by atoms with van der Waals surface area (Å²) >= 11 is 2.93. The summed E-state index contributed by atoms with van der Waals surface area (Å²) in [5.74, 6) is -0.529. The number of carbonyl (C=O) groups excluding carboxylic acids is 1. The smallest absolute Gasteiger partial charge is 0.230 e. The maximum absolute atomic E-state index is 13.6. The number of para-hydroxylation sites is 1. The van der Waals surface area contributed by atoms with Crippen LogP contribution < -0.4 is 5.32 Å². The molecule has 0 radical (unpaired) electrons. The van der Waals surface area contributed by atoms with Crippen molar-refractivity contribution >= 4 is 44.4 Å². The Bertz CT molecular complexity index is 815. The van der Waals surface area contributed by atoms with E-state index in [1.807, 2.05) is 30.5 Å². The Labute approximate surface area is 135 Å². The van der Waals surface area contributed by atoms with Crippen molar-refractivity contribution in [2.45, 2.75) is 11.3 Å². The average Bonchev–Trinajstić information content (AvgIpc) is 2.92. The van der Waals surface area contributed by atoms with Gasteiger partial charge in [-0.25, -0.2) is 9.37 Å². The van der Waals surface area contributed by atoms with Gasteiger partial charge in [-0.15, -0.1) is 11.8 Å². The lowest BCUT2D eigenvalue weighted by molar-refractivity contribution is -0.115. The van der Waals surface area contributed by atoms with E-state index in [0.29, 0.717) is 10.6 Å². The van der Waals surface area contributed by atoms with E-state index >= 15 is 0 Å². The number of benzene rings is 2. The molecular weight excluding hydrogens is 319 g/mol. The summed E-state index contributed by atoms with van der Waals surface area (Å²) in [6.45, 7) is 0. The second kappa shape index (κ2) is 6.46.